The third-order valence-electron chi connectivity index (χ3n) is 5.46. The molecular weight excluding hydrogens is 576 g/mol. The fourth-order valence-corrected chi connectivity index (χ4v) is 5.94. The number of pyridine rings is 1. The highest BCUT2D eigenvalue weighted by atomic mass is 79.9. The molecule has 0 spiro atoms. The van der Waals surface area contributed by atoms with Gasteiger partial charge in [-0.25, -0.2) is 18.9 Å². The van der Waals surface area contributed by atoms with Crippen molar-refractivity contribution in [3.8, 4) is 11.5 Å². The van der Waals surface area contributed by atoms with Crippen molar-refractivity contribution in [3.63, 3.8) is 0 Å². The maximum absolute atomic E-state index is 13.4. The molecule has 1 aliphatic heterocycles. The molecule has 3 aromatic rings. The lowest BCUT2D eigenvalue weighted by atomic mass is 10.1. The number of nitrogens with one attached hydrogen (secondary N) is 2. The van der Waals surface area contributed by atoms with Gasteiger partial charge in [0.1, 0.15) is 22.7 Å². The van der Waals surface area contributed by atoms with Crippen LogP contribution in [-0.4, -0.2) is 53.4 Å². The number of ether oxygens (including phenoxy) is 1. The Balaban J connectivity index is 1.53. The van der Waals surface area contributed by atoms with Crippen LogP contribution in [-0.2, 0) is 14.8 Å². The number of hydrogen-bond donors (Lipinski definition) is 3. The zero-order valence-electron chi connectivity index (χ0n) is 18.5. The number of hydroxylamine groups is 1. The first kappa shape index (κ1) is 26.0. The van der Waals surface area contributed by atoms with E-state index >= 15 is 0 Å². The first-order valence-electron chi connectivity index (χ1n) is 10.6. The second-order valence-electron chi connectivity index (χ2n) is 7.85. The van der Waals surface area contributed by atoms with Gasteiger partial charge in [-0.3, -0.25) is 14.8 Å². The van der Waals surface area contributed by atoms with Crippen molar-refractivity contribution < 1.29 is 28.0 Å². The highest BCUT2D eigenvalue weighted by Crippen LogP contribution is 2.29. The van der Waals surface area contributed by atoms with Gasteiger partial charge < -0.3 is 10.1 Å². The molecule has 0 unspecified atom stereocenters. The van der Waals surface area contributed by atoms with Crippen LogP contribution in [0.3, 0.4) is 0 Å². The summed E-state index contributed by atoms with van der Waals surface area (Å²) in [5.74, 6) is -0.479. The van der Waals surface area contributed by atoms with E-state index in [0.29, 0.717) is 16.0 Å². The summed E-state index contributed by atoms with van der Waals surface area (Å²) in [6.45, 7) is -0.201. The summed E-state index contributed by atoms with van der Waals surface area (Å²) < 4.78 is 34.0. The quantitative estimate of drug-likeness (QED) is 0.216. The molecule has 2 aromatic carbocycles. The van der Waals surface area contributed by atoms with Crippen LogP contribution in [0.4, 0.5) is 0 Å². The van der Waals surface area contributed by atoms with Gasteiger partial charge in [-0.2, -0.15) is 4.31 Å². The van der Waals surface area contributed by atoms with Gasteiger partial charge in [0.15, 0.2) is 0 Å². The molecule has 1 aromatic heterocycles. The molecule has 36 heavy (non-hydrogen) atoms. The van der Waals surface area contributed by atoms with Crippen molar-refractivity contribution >= 4 is 49.4 Å². The molecule has 10 nitrogen and oxygen atoms in total. The van der Waals surface area contributed by atoms with Crippen LogP contribution in [0.1, 0.15) is 16.8 Å². The van der Waals surface area contributed by atoms with Gasteiger partial charge in [0, 0.05) is 23.3 Å². The van der Waals surface area contributed by atoms with E-state index < -0.39 is 33.9 Å². The van der Waals surface area contributed by atoms with Crippen molar-refractivity contribution in [2.75, 3.05) is 6.54 Å². The van der Waals surface area contributed by atoms with E-state index in [-0.39, 0.29) is 28.6 Å². The van der Waals surface area contributed by atoms with Gasteiger partial charge in [0.25, 0.3) is 11.8 Å². The number of rotatable bonds is 7. The minimum absolute atomic E-state index is 0.0272. The summed E-state index contributed by atoms with van der Waals surface area (Å²) in [5, 5.41) is 11.8. The Morgan fingerprint density at radius 2 is 1.78 bits per heavy atom. The van der Waals surface area contributed by atoms with Crippen molar-refractivity contribution in [1.82, 2.24) is 20.1 Å². The SMILES string of the molecule is O=C(N[C@H]1C[C@@H](C(=O)NO)N(S(=O)(=O)c2ccc(Oc3ccccc3)cc2)C1)c1cc(Br)cnc1Cl. The lowest BCUT2D eigenvalue weighted by Crippen LogP contribution is -2.45. The summed E-state index contributed by atoms with van der Waals surface area (Å²) in [7, 11) is -4.17. The molecule has 0 bridgehead atoms. The van der Waals surface area contributed by atoms with E-state index in [1.54, 1.807) is 12.1 Å². The summed E-state index contributed by atoms with van der Waals surface area (Å²) in [5.41, 5.74) is 1.59. The van der Waals surface area contributed by atoms with Crippen LogP contribution < -0.4 is 15.5 Å². The van der Waals surface area contributed by atoms with E-state index in [9.17, 15) is 23.2 Å². The lowest BCUT2D eigenvalue weighted by Gasteiger charge is -2.22. The van der Waals surface area contributed by atoms with E-state index in [0.717, 1.165) is 4.31 Å². The van der Waals surface area contributed by atoms with Crippen LogP contribution >= 0.6 is 27.5 Å². The van der Waals surface area contributed by atoms with Crippen LogP contribution in [0.2, 0.25) is 5.15 Å². The zero-order valence-corrected chi connectivity index (χ0v) is 21.6. The third-order valence-corrected chi connectivity index (χ3v) is 8.09. The monoisotopic (exact) mass is 594 g/mol. The average molecular weight is 596 g/mol. The number of carbonyl (C=O) groups is 2. The molecule has 1 aliphatic rings. The van der Waals surface area contributed by atoms with Crippen LogP contribution in [0.15, 0.2) is 76.2 Å². The van der Waals surface area contributed by atoms with Gasteiger partial charge in [-0.05, 0) is 64.8 Å². The first-order chi connectivity index (χ1) is 17.2. The van der Waals surface area contributed by atoms with Crippen LogP contribution in [0.5, 0.6) is 11.5 Å². The number of halogens is 2. The fourth-order valence-electron chi connectivity index (χ4n) is 3.77. The minimum Gasteiger partial charge on any atom is -0.457 e. The number of nitrogens with zero attached hydrogens (tertiary/aromatic N) is 2. The Morgan fingerprint density at radius 1 is 1.11 bits per heavy atom. The highest BCUT2D eigenvalue weighted by molar-refractivity contribution is 9.10. The Kier molecular flexibility index (Phi) is 7.91. The Hall–Kier alpha value is -3.03. The zero-order chi connectivity index (χ0) is 25.9. The molecule has 2 amide bonds. The number of benzene rings is 2. The maximum Gasteiger partial charge on any atom is 0.261 e. The first-order valence-corrected chi connectivity index (χ1v) is 13.2. The fraction of sp³-hybridized carbons (Fsp3) is 0.174. The smallest absolute Gasteiger partial charge is 0.261 e. The number of hydrogen-bond acceptors (Lipinski definition) is 7. The molecule has 4 rings (SSSR count). The van der Waals surface area contributed by atoms with E-state index in [1.807, 2.05) is 18.2 Å². The van der Waals surface area contributed by atoms with Gasteiger partial charge in [-0.1, -0.05) is 29.8 Å². The molecule has 13 heteroatoms. The molecule has 188 valence electrons. The number of amides is 2. The van der Waals surface area contributed by atoms with Crippen molar-refractivity contribution in [3.05, 3.63) is 82.0 Å². The van der Waals surface area contributed by atoms with Crippen LogP contribution in [0, 0.1) is 0 Å². The second kappa shape index (κ2) is 10.9. The molecule has 0 aliphatic carbocycles. The summed E-state index contributed by atoms with van der Waals surface area (Å²) in [6, 6.07) is 14.2. The highest BCUT2D eigenvalue weighted by Gasteiger charge is 2.44. The van der Waals surface area contributed by atoms with Crippen molar-refractivity contribution in [2.45, 2.75) is 23.4 Å². The molecule has 3 N–H and O–H groups in total. The number of para-hydroxylation sites is 1. The van der Waals surface area contributed by atoms with Gasteiger partial charge in [0.2, 0.25) is 10.0 Å². The van der Waals surface area contributed by atoms with Crippen molar-refractivity contribution in [2.24, 2.45) is 0 Å². The van der Waals surface area contributed by atoms with E-state index in [4.69, 9.17) is 16.3 Å². The standard InChI is InChI=1S/C23H20BrClN4O6S/c24-14-10-19(21(25)26-12-14)22(30)27-15-11-20(23(31)28-32)29(13-15)36(33,34)18-8-6-17(7-9-18)35-16-4-2-1-3-5-16/h1-10,12,15,20,32H,11,13H2,(H,27,30)(H,28,31)/t15-,20-/m0/s1. The number of aromatic nitrogens is 1. The average Bonchev–Trinajstić information content (AvgIpc) is 3.30. The molecule has 0 radical (unpaired) electrons. The van der Waals surface area contributed by atoms with Gasteiger partial charge in [-0.15, -0.1) is 0 Å². The molecule has 2 heterocycles. The van der Waals surface area contributed by atoms with E-state index in [2.05, 4.69) is 26.2 Å². The molecular formula is C23H20BrClN4O6S. The van der Waals surface area contributed by atoms with Crippen molar-refractivity contribution in [1.29, 1.82) is 0 Å². The Morgan fingerprint density at radius 3 is 2.44 bits per heavy atom. The normalized spacial score (nSPS) is 18.0. The molecule has 2 atom stereocenters. The van der Waals surface area contributed by atoms with E-state index in [1.165, 1.54) is 42.0 Å². The van der Waals surface area contributed by atoms with Gasteiger partial charge in [0.05, 0.1) is 10.5 Å². The predicted molar refractivity (Wildman–Crippen MR) is 133 cm³/mol. The topological polar surface area (TPSA) is 138 Å². The summed E-state index contributed by atoms with van der Waals surface area (Å²) in [6.07, 6.45) is 1.37. The summed E-state index contributed by atoms with van der Waals surface area (Å²) in [4.78, 5) is 28.9. The largest absolute Gasteiger partial charge is 0.457 e. The Bertz CT molecular complexity index is 1380. The number of sulfonamides is 1. The molecule has 1 saturated heterocycles. The predicted octanol–water partition coefficient (Wildman–Crippen LogP) is 3.36. The Labute approximate surface area is 220 Å². The maximum atomic E-state index is 13.4. The lowest BCUT2D eigenvalue weighted by molar-refractivity contribution is -0.132. The summed E-state index contributed by atoms with van der Waals surface area (Å²) >= 11 is 9.24. The second-order valence-corrected chi connectivity index (χ2v) is 11.0. The number of carbonyl (C=O) groups excluding carboxylic acids is 2. The molecule has 0 saturated carbocycles. The molecule has 1 fully saturated rings. The van der Waals surface area contributed by atoms with Gasteiger partial charge >= 0.3 is 0 Å². The third kappa shape index (κ3) is 5.68. The van der Waals surface area contributed by atoms with Crippen LogP contribution in [0.25, 0.3) is 0 Å². The minimum atomic E-state index is -4.17.